The first kappa shape index (κ1) is 71.8. The Bertz CT molecular complexity index is 1790. The van der Waals surface area contributed by atoms with E-state index in [2.05, 4.69) is 191 Å². The smallest absolute Gasteiger partial charge is 0.306 e. The molecule has 0 aromatic rings. The van der Waals surface area contributed by atoms with Crippen molar-refractivity contribution < 1.29 is 28.6 Å². The molecular weight excluding hydrogens is 949 g/mol. The van der Waals surface area contributed by atoms with Crippen molar-refractivity contribution in [3.05, 3.63) is 170 Å². The van der Waals surface area contributed by atoms with Gasteiger partial charge in [0.15, 0.2) is 6.10 Å². The van der Waals surface area contributed by atoms with Crippen molar-refractivity contribution in [3.8, 4) is 0 Å². The summed E-state index contributed by atoms with van der Waals surface area (Å²) >= 11 is 0. The van der Waals surface area contributed by atoms with Crippen LogP contribution >= 0.6 is 0 Å². The Hall–Kier alpha value is -5.23. The Morgan fingerprint density at radius 3 is 0.753 bits per heavy atom. The van der Waals surface area contributed by atoms with Crippen LogP contribution in [0.15, 0.2) is 170 Å². The maximum atomic E-state index is 12.9. The third kappa shape index (κ3) is 61.5. The number of rotatable bonds is 53. The Morgan fingerprint density at radius 1 is 0.260 bits per heavy atom. The Morgan fingerprint density at radius 2 is 0.468 bits per heavy atom. The molecule has 0 amide bonds. The summed E-state index contributed by atoms with van der Waals surface area (Å²) < 4.78 is 16.8. The van der Waals surface area contributed by atoms with E-state index >= 15 is 0 Å². The van der Waals surface area contributed by atoms with Crippen LogP contribution in [-0.4, -0.2) is 37.2 Å². The van der Waals surface area contributed by atoms with Gasteiger partial charge in [-0.3, -0.25) is 14.4 Å². The van der Waals surface area contributed by atoms with Crippen molar-refractivity contribution in [3.63, 3.8) is 0 Å². The fraction of sp³-hybridized carbons (Fsp3) is 0.563. The van der Waals surface area contributed by atoms with E-state index in [0.717, 1.165) is 167 Å². The number of hydrogen-bond donors (Lipinski definition) is 0. The zero-order chi connectivity index (χ0) is 55.7. The van der Waals surface area contributed by atoms with Crippen LogP contribution < -0.4 is 0 Å². The van der Waals surface area contributed by atoms with Crippen LogP contribution in [0.4, 0.5) is 0 Å². The summed E-state index contributed by atoms with van der Waals surface area (Å²) in [5.74, 6) is -0.991. The number of unbranched alkanes of at least 4 members (excludes halogenated alkanes) is 14. The van der Waals surface area contributed by atoms with Gasteiger partial charge in [0, 0.05) is 19.3 Å². The molecule has 1 unspecified atom stereocenters. The third-order valence-corrected chi connectivity index (χ3v) is 12.2. The van der Waals surface area contributed by atoms with Gasteiger partial charge in [-0.1, -0.05) is 242 Å². The van der Waals surface area contributed by atoms with Gasteiger partial charge in [0.2, 0.25) is 0 Å². The maximum Gasteiger partial charge on any atom is 0.306 e. The first-order valence-corrected chi connectivity index (χ1v) is 30.6. The monoisotopic (exact) mass is 1060 g/mol. The number of hydrogen-bond acceptors (Lipinski definition) is 6. The van der Waals surface area contributed by atoms with Crippen molar-refractivity contribution in [2.24, 2.45) is 0 Å². The van der Waals surface area contributed by atoms with Crippen molar-refractivity contribution in [2.45, 2.75) is 245 Å². The highest BCUT2D eigenvalue weighted by Gasteiger charge is 2.19. The van der Waals surface area contributed by atoms with Gasteiger partial charge in [0.05, 0.1) is 0 Å². The summed E-state index contributed by atoms with van der Waals surface area (Å²) in [6.45, 7) is 6.23. The first-order valence-electron chi connectivity index (χ1n) is 30.6. The Kier molecular flexibility index (Phi) is 59.0. The number of ether oxygens (including phenoxy) is 3. The van der Waals surface area contributed by atoms with Gasteiger partial charge >= 0.3 is 17.9 Å². The van der Waals surface area contributed by atoms with Crippen molar-refractivity contribution in [2.75, 3.05) is 13.2 Å². The van der Waals surface area contributed by atoms with Crippen LogP contribution in [0.25, 0.3) is 0 Å². The molecule has 0 heterocycles. The molecule has 0 aromatic heterocycles. The molecule has 0 aliphatic heterocycles. The van der Waals surface area contributed by atoms with E-state index in [0.29, 0.717) is 25.7 Å². The Labute approximate surface area is 472 Å². The third-order valence-electron chi connectivity index (χ3n) is 12.2. The molecule has 0 N–H and O–H groups in total. The van der Waals surface area contributed by atoms with Gasteiger partial charge in [0.1, 0.15) is 13.2 Å². The largest absolute Gasteiger partial charge is 0.462 e. The minimum atomic E-state index is -0.820. The van der Waals surface area contributed by atoms with Crippen molar-refractivity contribution in [1.82, 2.24) is 0 Å². The molecule has 6 heteroatoms. The molecule has 0 rings (SSSR count). The highest BCUT2D eigenvalue weighted by molar-refractivity contribution is 5.71. The summed E-state index contributed by atoms with van der Waals surface area (Å²) in [4.78, 5) is 38.3. The molecule has 0 aliphatic rings. The zero-order valence-corrected chi connectivity index (χ0v) is 49.1. The molecule has 0 aliphatic carbocycles. The highest BCUT2D eigenvalue weighted by Crippen LogP contribution is 2.13. The van der Waals surface area contributed by atoms with Crippen LogP contribution in [0.2, 0.25) is 0 Å². The molecule has 0 spiro atoms. The van der Waals surface area contributed by atoms with E-state index in [-0.39, 0.29) is 31.1 Å². The number of carbonyl (C=O) groups excluding carboxylic acids is 3. The van der Waals surface area contributed by atoms with Gasteiger partial charge in [-0.25, -0.2) is 0 Å². The summed E-state index contributed by atoms with van der Waals surface area (Å²) in [7, 11) is 0. The van der Waals surface area contributed by atoms with Crippen LogP contribution in [0.3, 0.4) is 0 Å². The van der Waals surface area contributed by atoms with E-state index in [1.165, 1.54) is 25.7 Å². The first-order chi connectivity index (χ1) is 38.0. The number of esters is 3. The lowest BCUT2D eigenvalue weighted by Crippen LogP contribution is -2.30. The van der Waals surface area contributed by atoms with Crippen LogP contribution in [0, 0.1) is 0 Å². The van der Waals surface area contributed by atoms with Crippen molar-refractivity contribution >= 4 is 17.9 Å². The molecule has 6 nitrogen and oxygen atoms in total. The zero-order valence-electron chi connectivity index (χ0n) is 49.1. The SMILES string of the molecule is CC/C=C\C/C=C\C/C=C\C/C=C\C/C=C\C/C=C\CCCCCCCCC(=O)OCC(COC(=O)CCCC/C=C\C/C=C\C/C=C\C/C=C\CC)OC(=O)CCCCCCCC/C=C\C/C=C\C/C=C\C/C=C\CC. The molecule has 0 saturated carbocycles. The fourth-order valence-electron chi connectivity index (χ4n) is 7.72. The normalized spacial score (nSPS) is 13.3. The highest BCUT2D eigenvalue weighted by atomic mass is 16.6. The fourth-order valence-corrected chi connectivity index (χ4v) is 7.72. The van der Waals surface area contributed by atoms with Gasteiger partial charge in [0.25, 0.3) is 0 Å². The minimum absolute atomic E-state index is 0.114. The maximum absolute atomic E-state index is 12.9. The molecule has 1 atom stereocenters. The predicted molar refractivity (Wildman–Crippen MR) is 334 cm³/mol. The minimum Gasteiger partial charge on any atom is -0.462 e. The molecule has 77 heavy (non-hydrogen) atoms. The lowest BCUT2D eigenvalue weighted by molar-refractivity contribution is -0.167. The van der Waals surface area contributed by atoms with Gasteiger partial charge < -0.3 is 14.2 Å². The van der Waals surface area contributed by atoms with E-state index in [9.17, 15) is 14.4 Å². The quantitative estimate of drug-likeness (QED) is 0.0261. The van der Waals surface area contributed by atoms with Crippen LogP contribution in [0.1, 0.15) is 239 Å². The second kappa shape index (κ2) is 63.3. The van der Waals surface area contributed by atoms with Gasteiger partial charge in [-0.15, -0.1) is 0 Å². The van der Waals surface area contributed by atoms with E-state index in [1.807, 2.05) is 0 Å². The average molecular weight is 1060 g/mol. The molecule has 0 bridgehead atoms. The Balaban J connectivity index is 4.50. The molecule has 430 valence electrons. The average Bonchev–Trinajstić information content (AvgIpc) is 3.43. The molecule has 0 saturated heterocycles. The lowest BCUT2D eigenvalue weighted by atomic mass is 10.1. The van der Waals surface area contributed by atoms with Gasteiger partial charge in [-0.05, 0) is 148 Å². The summed E-state index contributed by atoms with van der Waals surface area (Å²) in [5.41, 5.74) is 0. The van der Waals surface area contributed by atoms with Gasteiger partial charge in [-0.2, -0.15) is 0 Å². The second-order valence-electron chi connectivity index (χ2n) is 19.5. The second-order valence-corrected chi connectivity index (χ2v) is 19.5. The number of allylic oxidation sites excluding steroid dienone is 28. The number of carbonyl (C=O) groups is 3. The van der Waals surface area contributed by atoms with Crippen molar-refractivity contribution in [1.29, 1.82) is 0 Å². The standard InChI is InChI=1S/C71H110O6/c1-4-7-10-13-16-19-22-25-28-30-32-33-34-35-36-37-39-40-43-46-49-52-55-58-61-64-70(73)76-67-68(66-75-69(72)63-60-57-54-51-48-45-42-27-24-21-18-15-12-9-6-3)77-71(74)65-62-59-56-53-50-47-44-41-38-31-29-26-23-20-17-14-11-8-5-2/h7-12,16-21,25-29,32-33,35-36,38-42,48,51,68H,4-6,13-15,22-24,30-31,34,37,43-47,49-50,52-67H2,1-3H3/b10-7-,11-8-,12-9-,19-16-,20-17-,21-18-,28-25-,29-26-,33-32-,36-35-,40-39-,41-38-,42-27-,51-48-. The molecule has 0 aromatic carbocycles. The van der Waals surface area contributed by atoms with Crippen LogP contribution in [0.5, 0.6) is 0 Å². The van der Waals surface area contributed by atoms with Crippen LogP contribution in [-0.2, 0) is 28.6 Å². The predicted octanol–water partition coefficient (Wildman–Crippen LogP) is 21.1. The molecular formula is C71H110O6. The van der Waals surface area contributed by atoms with E-state index in [1.54, 1.807) is 0 Å². The lowest BCUT2D eigenvalue weighted by Gasteiger charge is -2.18. The summed E-state index contributed by atoms with van der Waals surface area (Å²) in [5, 5.41) is 0. The summed E-state index contributed by atoms with van der Waals surface area (Å²) in [6, 6.07) is 0. The summed E-state index contributed by atoms with van der Waals surface area (Å²) in [6.07, 6.45) is 93.5. The molecule has 0 radical (unpaired) electrons. The van der Waals surface area contributed by atoms with E-state index < -0.39 is 6.10 Å². The molecule has 0 fully saturated rings. The van der Waals surface area contributed by atoms with E-state index in [4.69, 9.17) is 14.2 Å². The topological polar surface area (TPSA) is 78.9 Å².